The molecule has 0 aromatic heterocycles. The van der Waals surface area contributed by atoms with Gasteiger partial charge in [0.1, 0.15) is 0 Å². The topological polar surface area (TPSA) is 49.8 Å². The third-order valence-electron chi connectivity index (χ3n) is 4.15. The monoisotopic (exact) mass is 194 g/mol. The highest BCUT2D eigenvalue weighted by Gasteiger charge is 2.57. The van der Waals surface area contributed by atoms with Gasteiger partial charge in [-0.2, -0.15) is 5.26 Å². The SMILES string of the molecule is CC.CC1(C)C2CC(N)C(C#N)C1C2. The molecule has 0 aromatic rings. The Labute approximate surface area is 87.5 Å². The van der Waals surface area contributed by atoms with E-state index >= 15 is 0 Å². The van der Waals surface area contributed by atoms with Gasteiger partial charge < -0.3 is 5.73 Å². The zero-order chi connectivity index (χ0) is 10.9. The molecule has 0 radical (unpaired) electrons. The molecule has 0 aromatic carbocycles. The number of hydrogen-bond donors (Lipinski definition) is 1. The maximum atomic E-state index is 8.96. The number of nitrogens with zero attached hydrogens (tertiary/aromatic N) is 1. The average molecular weight is 194 g/mol. The van der Waals surface area contributed by atoms with Crippen molar-refractivity contribution in [2.45, 2.75) is 46.6 Å². The average Bonchev–Trinajstić information content (AvgIpc) is 2.20. The van der Waals surface area contributed by atoms with E-state index in [0.29, 0.717) is 11.3 Å². The van der Waals surface area contributed by atoms with Crippen molar-refractivity contribution in [3.05, 3.63) is 0 Å². The molecule has 0 aliphatic heterocycles. The normalized spacial score (nSPS) is 42.6. The molecule has 4 atom stereocenters. The summed E-state index contributed by atoms with van der Waals surface area (Å²) in [4.78, 5) is 0. The standard InChI is InChI=1S/C10H16N2.C2H6/c1-10(2)6-3-8(10)7(5-11)9(12)4-6;1-2/h6-9H,3-4,12H2,1-2H3;1-2H3. The van der Waals surface area contributed by atoms with Crippen molar-refractivity contribution in [1.29, 1.82) is 5.26 Å². The van der Waals surface area contributed by atoms with Crippen LogP contribution in [0.5, 0.6) is 0 Å². The highest BCUT2D eigenvalue weighted by atomic mass is 14.7. The van der Waals surface area contributed by atoms with Crippen molar-refractivity contribution >= 4 is 0 Å². The highest BCUT2D eigenvalue weighted by molar-refractivity contribution is 5.13. The van der Waals surface area contributed by atoms with E-state index in [4.69, 9.17) is 11.0 Å². The molecule has 3 rings (SSSR count). The van der Waals surface area contributed by atoms with Crippen LogP contribution < -0.4 is 5.73 Å². The molecular weight excluding hydrogens is 172 g/mol. The summed E-state index contributed by atoms with van der Waals surface area (Å²) in [5.74, 6) is 1.46. The number of nitrogens with two attached hydrogens (primary N) is 1. The second kappa shape index (κ2) is 3.90. The van der Waals surface area contributed by atoms with E-state index in [1.54, 1.807) is 0 Å². The van der Waals surface area contributed by atoms with Crippen molar-refractivity contribution in [3.63, 3.8) is 0 Å². The van der Waals surface area contributed by atoms with Gasteiger partial charge >= 0.3 is 0 Å². The van der Waals surface area contributed by atoms with Crippen LogP contribution in [0.2, 0.25) is 0 Å². The lowest BCUT2D eigenvalue weighted by atomic mass is 9.45. The molecule has 3 saturated carbocycles. The summed E-state index contributed by atoms with van der Waals surface area (Å²) in [6, 6.07) is 2.52. The van der Waals surface area contributed by atoms with Crippen LogP contribution in [0.3, 0.4) is 0 Å². The fourth-order valence-corrected chi connectivity index (χ4v) is 3.02. The summed E-state index contributed by atoms with van der Waals surface area (Å²) in [6.07, 6.45) is 2.29. The van der Waals surface area contributed by atoms with E-state index in [1.807, 2.05) is 13.8 Å². The Hall–Kier alpha value is -0.550. The Morgan fingerprint density at radius 1 is 1.29 bits per heavy atom. The van der Waals surface area contributed by atoms with E-state index in [9.17, 15) is 0 Å². The van der Waals surface area contributed by atoms with Gasteiger partial charge in [0.25, 0.3) is 0 Å². The van der Waals surface area contributed by atoms with Crippen molar-refractivity contribution < 1.29 is 0 Å². The van der Waals surface area contributed by atoms with Crippen LogP contribution in [-0.4, -0.2) is 6.04 Å². The molecule has 80 valence electrons. The zero-order valence-electron chi connectivity index (χ0n) is 9.75. The van der Waals surface area contributed by atoms with Crippen LogP contribution in [0.25, 0.3) is 0 Å². The molecule has 4 unspecified atom stereocenters. The zero-order valence-corrected chi connectivity index (χ0v) is 9.75. The smallest absolute Gasteiger partial charge is 0.0675 e. The van der Waals surface area contributed by atoms with Gasteiger partial charge in [-0.1, -0.05) is 27.7 Å². The van der Waals surface area contributed by atoms with Gasteiger partial charge in [0.15, 0.2) is 0 Å². The van der Waals surface area contributed by atoms with Gasteiger partial charge in [0, 0.05) is 6.04 Å². The van der Waals surface area contributed by atoms with Gasteiger partial charge in [-0.15, -0.1) is 0 Å². The van der Waals surface area contributed by atoms with Gasteiger partial charge in [-0.3, -0.25) is 0 Å². The van der Waals surface area contributed by atoms with Crippen molar-refractivity contribution in [1.82, 2.24) is 0 Å². The second-order valence-corrected chi connectivity index (χ2v) is 4.91. The minimum atomic E-state index is 0.116. The minimum absolute atomic E-state index is 0.116. The first kappa shape index (κ1) is 11.5. The molecular formula is C12H22N2. The predicted octanol–water partition coefficient (Wildman–Crippen LogP) is 2.55. The minimum Gasteiger partial charge on any atom is -0.326 e. The van der Waals surface area contributed by atoms with Gasteiger partial charge in [-0.05, 0) is 30.1 Å². The molecule has 2 bridgehead atoms. The fourth-order valence-electron chi connectivity index (χ4n) is 3.02. The highest BCUT2D eigenvalue weighted by Crippen LogP contribution is 2.60. The quantitative estimate of drug-likeness (QED) is 0.644. The Morgan fingerprint density at radius 3 is 2.21 bits per heavy atom. The molecule has 3 aliphatic rings. The lowest BCUT2D eigenvalue weighted by Gasteiger charge is -2.60. The van der Waals surface area contributed by atoms with E-state index in [0.717, 1.165) is 12.3 Å². The maximum absolute atomic E-state index is 8.96. The molecule has 2 N–H and O–H groups in total. The van der Waals surface area contributed by atoms with Gasteiger partial charge in [-0.25, -0.2) is 0 Å². The Bertz CT molecular complexity index is 239. The van der Waals surface area contributed by atoms with Gasteiger partial charge in [0.2, 0.25) is 0 Å². The maximum Gasteiger partial charge on any atom is 0.0675 e. The molecule has 3 aliphatic carbocycles. The van der Waals surface area contributed by atoms with E-state index in [-0.39, 0.29) is 12.0 Å². The molecule has 14 heavy (non-hydrogen) atoms. The Balaban J connectivity index is 0.000000461. The molecule has 3 fully saturated rings. The lowest BCUT2D eigenvalue weighted by Crippen LogP contribution is -2.59. The fraction of sp³-hybridized carbons (Fsp3) is 0.917. The van der Waals surface area contributed by atoms with Crippen LogP contribution in [0.15, 0.2) is 0 Å². The molecule has 0 spiro atoms. The van der Waals surface area contributed by atoms with E-state index in [2.05, 4.69) is 19.9 Å². The molecule has 0 saturated heterocycles. The lowest BCUT2D eigenvalue weighted by molar-refractivity contribution is -0.0972. The van der Waals surface area contributed by atoms with Crippen molar-refractivity contribution in [3.8, 4) is 6.07 Å². The van der Waals surface area contributed by atoms with Crippen molar-refractivity contribution in [2.75, 3.05) is 0 Å². The summed E-state index contributed by atoms with van der Waals surface area (Å²) in [7, 11) is 0. The number of hydrogen-bond acceptors (Lipinski definition) is 2. The van der Waals surface area contributed by atoms with Crippen LogP contribution >= 0.6 is 0 Å². The third-order valence-corrected chi connectivity index (χ3v) is 4.15. The Morgan fingerprint density at radius 2 is 1.86 bits per heavy atom. The molecule has 0 amide bonds. The first-order chi connectivity index (χ1) is 6.57. The summed E-state index contributed by atoms with van der Waals surface area (Å²) in [5.41, 5.74) is 6.29. The molecule has 2 heteroatoms. The molecule has 2 nitrogen and oxygen atoms in total. The first-order valence-electron chi connectivity index (χ1n) is 5.72. The largest absolute Gasteiger partial charge is 0.326 e. The summed E-state index contributed by atoms with van der Waals surface area (Å²) >= 11 is 0. The number of fused-ring (bicyclic) bond motifs is 2. The summed E-state index contributed by atoms with van der Waals surface area (Å²) in [5, 5.41) is 8.96. The van der Waals surface area contributed by atoms with E-state index in [1.165, 1.54) is 6.42 Å². The third kappa shape index (κ3) is 1.44. The Kier molecular flexibility index (Phi) is 3.21. The number of rotatable bonds is 0. The van der Waals surface area contributed by atoms with Gasteiger partial charge in [0.05, 0.1) is 12.0 Å². The second-order valence-electron chi connectivity index (χ2n) is 4.91. The summed E-state index contributed by atoms with van der Waals surface area (Å²) in [6.45, 7) is 8.56. The summed E-state index contributed by atoms with van der Waals surface area (Å²) < 4.78 is 0. The molecule has 0 heterocycles. The van der Waals surface area contributed by atoms with Crippen molar-refractivity contribution in [2.24, 2.45) is 28.9 Å². The van der Waals surface area contributed by atoms with Crippen LogP contribution in [-0.2, 0) is 0 Å². The predicted molar refractivity (Wildman–Crippen MR) is 58.4 cm³/mol. The van der Waals surface area contributed by atoms with Crippen LogP contribution in [0.4, 0.5) is 0 Å². The first-order valence-corrected chi connectivity index (χ1v) is 5.72. The van der Waals surface area contributed by atoms with Crippen LogP contribution in [0, 0.1) is 34.5 Å². The van der Waals surface area contributed by atoms with Crippen LogP contribution in [0.1, 0.15) is 40.5 Å². The van der Waals surface area contributed by atoms with E-state index < -0.39 is 0 Å². The number of nitriles is 1.